The summed E-state index contributed by atoms with van der Waals surface area (Å²) in [6.07, 6.45) is 4.74. The van der Waals surface area contributed by atoms with Crippen molar-refractivity contribution in [3.8, 4) is 0 Å². The molecule has 24 heavy (non-hydrogen) atoms. The molecule has 3 aromatic rings. The number of piperazine rings is 1. The van der Waals surface area contributed by atoms with Crippen molar-refractivity contribution in [3.05, 3.63) is 53.2 Å². The molecule has 1 saturated heterocycles. The van der Waals surface area contributed by atoms with Gasteiger partial charge in [0.1, 0.15) is 6.26 Å². The Balaban J connectivity index is 1.48. The number of anilines is 1. The minimum atomic E-state index is -0.0102. The van der Waals surface area contributed by atoms with Gasteiger partial charge in [0.05, 0.1) is 22.9 Å². The van der Waals surface area contributed by atoms with Gasteiger partial charge in [-0.2, -0.15) is 0 Å². The van der Waals surface area contributed by atoms with Gasteiger partial charge in [-0.15, -0.1) is 0 Å². The van der Waals surface area contributed by atoms with Crippen molar-refractivity contribution in [1.82, 2.24) is 19.4 Å². The fourth-order valence-electron chi connectivity index (χ4n) is 3.10. The van der Waals surface area contributed by atoms with Crippen LogP contribution in [0.15, 0.2) is 46.4 Å². The van der Waals surface area contributed by atoms with Crippen molar-refractivity contribution < 1.29 is 4.42 Å². The van der Waals surface area contributed by atoms with E-state index < -0.39 is 0 Å². The zero-order valence-corrected chi connectivity index (χ0v) is 13.6. The summed E-state index contributed by atoms with van der Waals surface area (Å²) < 4.78 is 6.53. The maximum atomic E-state index is 12.1. The third-order valence-electron chi connectivity index (χ3n) is 4.51. The molecule has 124 valence electrons. The fraction of sp³-hybridized carbons (Fsp3) is 0.353. The highest BCUT2D eigenvalue weighted by molar-refractivity contribution is 5.81. The van der Waals surface area contributed by atoms with Crippen LogP contribution in [-0.4, -0.2) is 45.6 Å². The molecule has 7 nitrogen and oxygen atoms in total. The number of hydrogen-bond acceptors (Lipinski definition) is 6. The number of nitrogens with zero attached hydrogens (tertiary/aromatic N) is 5. The highest BCUT2D eigenvalue weighted by Gasteiger charge is 2.18. The first kappa shape index (κ1) is 14.9. The van der Waals surface area contributed by atoms with E-state index in [2.05, 4.69) is 19.8 Å². The second kappa shape index (κ2) is 6.09. The van der Waals surface area contributed by atoms with E-state index in [-0.39, 0.29) is 5.56 Å². The summed E-state index contributed by atoms with van der Waals surface area (Å²) in [4.78, 5) is 25.3. The topological polar surface area (TPSA) is 67.4 Å². The van der Waals surface area contributed by atoms with Gasteiger partial charge in [0.15, 0.2) is 6.39 Å². The van der Waals surface area contributed by atoms with E-state index in [4.69, 9.17) is 4.42 Å². The monoisotopic (exact) mass is 325 g/mol. The molecule has 0 amide bonds. The molecule has 7 heteroatoms. The number of benzene rings is 1. The average Bonchev–Trinajstić information content (AvgIpc) is 3.12. The zero-order valence-electron chi connectivity index (χ0n) is 13.6. The van der Waals surface area contributed by atoms with E-state index in [0.29, 0.717) is 5.39 Å². The lowest BCUT2D eigenvalue weighted by molar-refractivity contribution is 0.247. The Kier molecular flexibility index (Phi) is 3.78. The van der Waals surface area contributed by atoms with Crippen LogP contribution in [0.1, 0.15) is 5.69 Å². The molecule has 0 saturated carbocycles. The largest absolute Gasteiger partial charge is 0.451 e. The van der Waals surface area contributed by atoms with E-state index >= 15 is 0 Å². The molecule has 0 bridgehead atoms. The summed E-state index contributed by atoms with van der Waals surface area (Å²) >= 11 is 0. The van der Waals surface area contributed by atoms with E-state index in [0.717, 1.165) is 49.6 Å². The molecule has 3 heterocycles. The summed E-state index contributed by atoms with van der Waals surface area (Å²) in [6.45, 7) is 4.63. The second-order valence-corrected chi connectivity index (χ2v) is 6.11. The molecular weight excluding hydrogens is 306 g/mol. The first-order valence-electron chi connectivity index (χ1n) is 8.00. The van der Waals surface area contributed by atoms with Crippen molar-refractivity contribution in [3.63, 3.8) is 0 Å². The number of rotatable bonds is 3. The fourth-order valence-corrected chi connectivity index (χ4v) is 3.10. The summed E-state index contributed by atoms with van der Waals surface area (Å²) in [5.41, 5.74) is 2.82. The van der Waals surface area contributed by atoms with Gasteiger partial charge in [0.25, 0.3) is 5.56 Å². The lowest BCUT2D eigenvalue weighted by atomic mass is 10.2. The highest BCUT2D eigenvalue weighted by atomic mass is 16.3. The molecule has 0 atom stereocenters. The number of fused-ring (bicyclic) bond motifs is 1. The van der Waals surface area contributed by atoms with Crippen LogP contribution in [0.4, 0.5) is 5.69 Å². The number of aryl methyl sites for hydroxylation is 1. The molecule has 0 N–H and O–H groups in total. The number of hydrogen-bond donors (Lipinski definition) is 0. The molecular formula is C17H19N5O2. The second-order valence-electron chi connectivity index (χ2n) is 6.11. The first-order valence-corrected chi connectivity index (χ1v) is 8.00. The van der Waals surface area contributed by atoms with Crippen LogP contribution in [0.5, 0.6) is 0 Å². The van der Waals surface area contributed by atoms with Crippen LogP contribution in [-0.2, 0) is 13.6 Å². The Bertz CT molecular complexity index is 895. The molecule has 1 aliphatic rings. The van der Waals surface area contributed by atoms with E-state index in [1.807, 2.05) is 18.2 Å². The van der Waals surface area contributed by atoms with E-state index in [9.17, 15) is 4.79 Å². The third-order valence-corrected chi connectivity index (χ3v) is 4.51. The minimum Gasteiger partial charge on any atom is -0.451 e. The Labute approximate surface area is 139 Å². The number of oxazole rings is 1. The lowest BCUT2D eigenvalue weighted by Crippen LogP contribution is -2.46. The number of aromatic nitrogens is 3. The Hall–Kier alpha value is -2.67. The predicted molar refractivity (Wildman–Crippen MR) is 91.0 cm³/mol. The first-order chi connectivity index (χ1) is 11.7. The summed E-state index contributed by atoms with van der Waals surface area (Å²) in [7, 11) is 1.72. The van der Waals surface area contributed by atoms with Crippen molar-refractivity contribution >= 4 is 16.6 Å². The minimum absolute atomic E-state index is 0.0102. The van der Waals surface area contributed by atoms with Crippen LogP contribution >= 0.6 is 0 Å². The van der Waals surface area contributed by atoms with Crippen molar-refractivity contribution in [2.45, 2.75) is 6.54 Å². The van der Waals surface area contributed by atoms with Gasteiger partial charge in [-0.1, -0.05) is 0 Å². The highest BCUT2D eigenvalue weighted by Crippen LogP contribution is 2.20. The van der Waals surface area contributed by atoms with Gasteiger partial charge in [-0.25, -0.2) is 9.97 Å². The molecule has 0 aliphatic carbocycles. The van der Waals surface area contributed by atoms with Crippen LogP contribution in [0.3, 0.4) is 0 Å². The van der Waals surface area contributed by atoms with Gasteiger partial charge >= 0.3 is 0 Å². The smallest absolute Gasteiger partial charge is 0.260 e. The summed E-state index contributed by atoms with van der Waals surface area (Å²) in [6, 6.07) is 5.89. The summed E-state index contributed by atoms with van der Waals surface area (Å²) in [5.74, 6) is 0. The predicted octanol–water partition coefficient (Wildman–Crippen LogP) is 1.24. The molecule has 2 aromatic heterocycles. The Morgan fingerprint density at radius 1 is 1.17 bits per heavy atom. The Morgan fingerprint density at radius 2 is 2.00 bits per heavy atom. The molecule has 1 fully saturated rings. The lowest BCUT2D eigenvalue weighted by Gasteiger charge is -2.35. The zero-order chi connectivity index (χ0) is 16.5. The van der Waals surface area contributed by atoms with Gasteiger partial charge < -0.3 is 13.9 Å². The van der Waals surface area contributed by atoms with Crippen molar-refractivity contribution in [2.24, 2.45) is 7.05 Å². The van der Waals surface area contributed by atoms with E-state index in [1.165, 1.54) is 11.0 Å². The van der Waals surface area contributed by atoms with E-state index in [1.54, 1.807) is 19.6 Å². The summed E-state index contributed by atoms with van der Waals surface area (Å²) in [5, 5.41) is 0.661. The van der Waals surface area contributed by atoms with Gasteiger partial charge in [0.2, 0.25) is 0 Å². The average molecular weight is 325 g/mol. The maximum Gasteiger partial charge on any atom is 0.260 e. The van der Waals surface area contributed by atoms with Crippen LogP contribution in [0.25, 0.3) is 10.9 Å². The molecule has 0 radical (unpaired) electrons. The Morgan fingerprint density at radius 3 is 2.75 bits per heavy atom. The molecule has 0 unspecified atom stereocenters. The SMILES string of the molecule is Cn1cnc2cc(N3CCN(Cc4cocn4)CC3)ccc2c1=O. The van der Waals surface area contributed by atoms with Crippen molar-refractivity contribution in [1.29, 1.82) is 0 Å². The van der Waals surface area contributed by atoms with Crippen LogP contribution in [0.2, 0.25) is 0 Å². The van der Waals surface area contributed by atoms with Crippen LogP contribution in [0, 0.1) is 0 Å². The van der Waals surface area contributed by atoms with Gasteiger partial charge in [0, 0.05) is 45.5 Å². The van der Waals surface area contributed by atoms with Crippen molar-refractivity contribution in [2.75, 3.05) is 31.1 Å². The van der Waals surface area contributed by atoms with Gasteiger partial charge in [-0.05, 0) is 18.2 Å². The quantitative estimate of drug-likeness (QED) is 0.722. The molecule has 1 aliphatic heterocycles. The molecule has 4 rings (SSSR count). The standard InChI is InChI=1S/C17H19N5O2/c1-20-11-18-16-8-14(2-3-15(16)17(20)23)22-6-4-21(5-7-22)9-13-10-24-12-19-13/h2-3,8,10-12H,4-7,9H2,1H3. The molecule has 1 aromatic carbocycles. The van der Waals surface area contributed by atoms with Crippen LogP contribution < -0.4 is 10.5 Å². The maximum absolute atomic E-state index is 12.1. The van der Waals surface area contributed by atoms with Gasteiger partial charge in [-0.3, -0.25) is 9.69 Å². The molecule has 0 spiro atoms. The normalized spacial score (nSPS) is 16.0. The third kappa shape index (κ3) is 2.78.